The summed E-state index contributed by atoms with van der Waals surface area (Å²) in [6, 6.07) is 6.91. The van der Waals surface area contributed by atoms with Gasteiger partial charge in [-0.2, -0.15) is 0 Å². The molecule has 0 bridgehead atoms. The van der Waals surface area contributed by atoms with Crippen molar-refractivity contribution in [3.05, 3.63) is 29.8 Å². The number of carbonyl (C=O) groups is 2. The van der Waals surface area contributed by atoms with E-state index in [0.29, 0.717) is 12.8 Å². The predicted molar refractivity (Wildman–Crippen MR) is 114 cm³/mol. The number of hydrogen-bond acceptors (Lipinski definition) is 5. The fourth-order valence-electron chi connectivity index (χ4n) is 6.82. The quantitative estimate of drug-likeness (QED) is 0.717. The molecule has 2 aliphatic carbocycles. The van der Waals surface area contributed by atoms with Crippen LogP contribution in [0.15, 0.2) is 24.3 Å². The van der Waals surface area contributed by atoms with E-state index in [1.54, 1.807) is 23.1 Å². The van der Waals surface area contributed by atoms with Crippen LogP contribution < -0.4 is 0 Å². The van der Waals surface area contributed by atoms with E-state index in [1.165, 1.54) is 0 Å². The highest BCUT2D eigenvalue weighted by molar-refractivity contribution is 6.05. The summed E-state index contributed by atoms with van der Waals surface area (Å²) in [4.78, 5) is 28.6. The van der Waals surface area contributed by atoms with E-state index in [-0.39, 0.29) is 41.4 Å². The Morgan fingerprint density at radius 3 is 2.52 bits per heavy atom. The van der Waals surface area contributed by atoms with E-state index in [2.05, 4.69) is 0 Å². The van der Waals surface area contributed by atoms with Crippen molar-refractivity contribution in [2.24, 2.45) is 29.6 Å². The first-order chi connectivity index (χ1) is 14.8. The van der Waals surface area contributed by atoms with Crippen LogP contribution in [0.5, 0.6) is 5.75 Å². The molecule has 4 aliphatic rings. The number of phenolic OH excluding ortho intramolecular Hbond substituents is 1. The molecule has 6 nitrogen and oxygen atoms in total. The number of fused-ring (bicyclic) bond motifs is 3. The Morgan fingerprint density at radius 1 is 1.10 bits per heavy atom. The van der Waals surface area contributed by atoms with E-state index >= 15 is 0 Å². The SMILES string of the molecule is CC(C)[C@H]1C[C@@H]2C(=O)N(C3CCCCC3)C(=O)[C@@H]2[C@@H]2C[C@@H](c3cccc(O)c3)O[C@]12O. The molecule has 6 atom stereocenters. The molecule has 0 unspecified atom stereocenters. The minimum atomic E-state index is -1.44. The number of rotatable bonds is 3. The maximum Gasteiger partial charge on any atom is 0.233 e. The fourth-order valence-corrected chi connectivity index (χ4v) is 6.82. The van der Waals surface area contributed by atoms with Gasteiger partial charge in [-0.05, 0) is 49.3 Å². The molecule has 2 heterocycles. The molecular formula is C25H33NO5. The van der Waals surface area contributed by atoms with E-state index < -0.39 is 23.7 Å². The number of imide groups is 1. The van der Waals surface area contributed by atoms with Gasteiger partial charge in [0.05, 0.1) is 17.9 Å². The lowest BCUT2D eigenvalue weighted by molar-refractivity contribution is -0.276. The van der Waals surface area contributed by atoms with Gasteiger partial charge in [0.2, 0.25) is 11.8 Å². The molecule has 31 heavy (non-hydrogen) atoms. The van der Waals surface area contributed by atoms with Crippen molar-refractivity contribution in [3.63, 3.8) is 0 Å². The number of carbonyl (C=O) groups excluding carboxylic acids is 2. The Bertz CT molecular complexity index is 878. The monoisotopic (exact) mass is 427 g/mol. The van der Waals surface area contributed by atoms with Crippen LogP contribution in [0, 0.1) is 29.6 Å². The molecular weight excluding hydrogens is 394 g/mol. The van der Waals surface area contributed by atoms with Crippen LogP contribution in [0.2, 0.25) is 0 Å². The average Bonchev–Trinajstić information content (AvgIpc) is 3.22. The minimum Gasteiger partial charge on any atom is -0.508 e. The van der Waals surface area contributed by atoms with Gasteiger partial charge in [0.1, 0.15) is 5.75 Å². The number of amides is 2. The third-order valence-corrected chi connectivity index (χ3v) is 8.30. The van der Waals surface area contributed by atoms with Crippen LogP contribution in [-0.4, -0.2) is 38.8 Å². The second-order valence-corrected chi connectivity index (χ2v) is 10.4. The Hall–Kier alpha value is -1.92. The lowest BCUT2D eigenvalue weighted by Crippen LogP contribution is -2.55. The van der Waals surface area contributed by atoms with Crippen molar-refractivity contribution in [1.29, 1.82) is 0 Å². The summed E-state index contributed by atoms with van der Waals surface area (Å²) in [6.07, 6.45) is 5.61. The first-order valence-electron chi connectivity index (χ1n) is 11.9. The summed E-state index contributed by atoms with van der Waals surface area (Å²) in [7, 11) is 0. The third kappa shape index (κ3) is 3.21. The highest BCUT2D eigenvalue weighted by Gasteiger charge is 2.67. The van der Waals surface area contributed by atoms with Crippen LogP contribution >= 0.6 is 0 Å². The molecule has 0 aromatic heterocycles. The largest absolute Gasteiger partial charge is 0.508 e. The zero-order valence-corrected chi connectivity index (χ0v) is 18.4. The molecule has 1 aromatic carbocycles. The van der Waals surface area contributed by atoms with Crippen molar-refractivity contribution in [2.45, 2.75) is 76.7 Å². The van der Waals surface area contributed by atoms with Crippen LogP contribution in [0.3, 0.4) is 0 Å². The van der Waals surface area contributed by atoms with Crippen molar-refractivity contribution in [3.8, 4) is 5.75 Å². The molecule has 168 valence electrons. The zero-order chi connectivity index (χ0) is 21.9. The normalized spacial score (nSPS) is 38.6. The summed E-state index contributed by atoms with van der Waals surface area (Å²) >= 11 is 0. The summed E-state index contributed by atoms with van der Waals surface area (Å²) in [5.74, 6) is -2.83. The van der Waals surface area contributed by atoms with Crippen LogP contribution in [0.25, 0.3) is 0 Å². The molecule has 0 radical (unpaired) electrons. The molecule has 2 saturated carbocycles. The number of phenols is 1. The molecule has 1 aromatic rings. The summed E-state index contributed by atoms with van der Waals surface area (Å²) in [6.45, 7) is 4.09. The minimum absolute atomic E-state index is 0.00846. The van der Waals surface area contributed by atoms with Crippen molar-refractivity contribution >= 4 is 11.8 Å². The van der Waals surface area contributed by atoms with Crippen LogP contribution in [-0.2, 0) is 14.3 Å². The van der Waals surface area contributed by atoms with Crippen LogP contribution in [0.4, 0.5) is 0 Å². The van der Waals surface area contributed by atoms with Gasteiger partial charge in [0.25, 0.3) is 0 Å². The molecule has 0 spiro atoms. The topological polar surface area (TPSA) is 87.1 Å². The molecule has 6 heteroatoms. The maximum absolute atomic E-state index is 13.6. The first-order valence-corrected chi connectivity index (χ1v) is 11.9. The lowest BCUT2D eigenvalue weighted by Gasteiger charge is -2.46. The third-order valence-electron chi connectivity index (χ3n) is 8.30. The van der Waals surface area contributed by atoms with Gasteiger partial charge in [-0.1, -0.05) is 45.2 Å². The average molecular weight is 428 g/mol. The number of nitrogens with zero attached hydrogens (tertiary/aromatic N) is 1. The second-order valence-electron chi connectivity index (χ2n) is 10.4. The van der Waals surface area contributed by atoms with Crippen molar-refractivity contribution in [2.75, 3.05) is 0 Å². The Balaban J connectivity index is 1.50. The maximum atomic E-state index is 13.6. The highest BCUT2D eigenvalue weighted by Crippen LogP contribution is 2.60. The number of likely N-dealkylation sites (tertiary alicyclic amines) is 1. The highest BCUT2D eigenvalue weighted by atomic mass is 16.6. The predicted octanol–water partition coefficient (Wildman–Crippen LogP) is 3.77. The summed E-state index contributed by atoms with van der Waals surface area (Å²) < 4.78 is 6.30. The Labute approximate surface area is 183 Å². The molecule has 2 N–H and O–H groups in total. The standard InChI is InChI=1S/C25H33NO5/c1-14(2)19-12-18-22(24(29)26(23(18)28)16-8-4-3-5-9-16)20-13-21(31-25(19,20)30)15-7-6-10-17(27)11-15/h6-7,10-11,14,16,18-22,27,30H,3-5,8-9,12-13H2,1-2H3/t18-,19+,20-,21-,22-,25+/m0/s1. The second kappa shape index (κ2) is 7.59. The van der Waals surface area contributed by atoms with Gasteiger partial charge in [0, 0.05) is 17.9 Å². The number of aliphatic hydroxyl groups is 1. The van der Waals surface area contributed by atoms with E-state index in [9.17, 15) is 19.8 Å². The Kier molecular flexibility index (Phi) is 5.13. The molecule has 2 amide bonds. The first kappa shape index (κ1) is 21.0. The van der Waals surface area contributed by atoms with Gasteiger partial charge in [-0.25, -0.2) is 0 Å². The van der Waals surface area contributed by atoms with Crippen molar-refractivity contribution in [1.82, 2.24) is 4.90 Å². The number of aromatic hydroxyl groups is 1. The van der Waals surface area contributed by atoms with Crippen molar-refractivity contribution < 1.29 is 24.5 Å². The van der Waals surface area contributed by atoms with E-state index in [0.717, 1.165) is 37.7 Å². The van der Waals surface area contributed by atoms with E-state index in [1.807, 2.05) is 19.9 Å². The zero-order valence-electron chi connectivity index (χ0n) is 18.4. The van der Waals surface area contributed by atoms with Gasteiger partial charge in [-0.15, -0.1) is 0 Å². The fraction of sp³-hybridized carbons (Fsp3) is 0.680. The molecule has 2 saturated heterocycles. The van der Waals surface area contributed by atoms with Gasteiger partial charge >= 0.3 is 0 Å². The smallest absolute Gasteiger partial charge is 0.233 e. The molecule has 2 aliphatic heterocycles. The van der Waals surface area contributed by atoms with Gasteiger partial charge in [0.15, 0.2) is 5.79 Å². The van der Waals surface area contributed by atoms with E-state index in [4.69, 9.17) is 4.74 Å². The van der Waals surface area contributed by atoms with Gasteiger partial charge < -0.3 is 14.9 Å². The van der Waals surface area contributed by atoms with Crippen LogP contribution in [0.1, 0.15) is 70.5 Å². The number of hydrogen-bond donors (Lipinski definition) is 2. The lowest BCUT2D eigenvalue weighted by atomic mass is 9.62. The summed E-state index contributed by atoms with van der Waals surface area (Å²) in [5.41, 5.74) is 0.794. The number of ether oxygens (including phenoxy) is 1. The molecule has 4 fully saturated rings. The molecule has 5 rings (SSSR count). The Morgan fingerprint density at radius 2 is 1.84 bits per heavy atom. The number of benzene rings is 1. The summed E-state index contributed by atoms with van der Waals surface area (Å²) in [5, 5.41) is 21.7. The van der Waals surface area contributed by atoms with Gasteiger partial charge in [-0.3, -0.25) is 14.5 Å².